The summed E-state index contributed by atoms with van der Waals surface area (Å²) < 4.78 is 24.8. The van der Waals surface area contributed by atoms with Crippen molar-refractivity contribution in [3.8, 4) is 11.5 Å². The highest BCUT2D eigenvalue weighted by molar-refractivity contribution is 6.06. The first-order valence-electron chi connectivity index (χ1n) is 9.76. The van der Waals surface area contributed by atoms with Crippen molar-refractivity contribution in [2.24, 2.45) is 0 Å². The van der Waals surface area contributed by atoms with Crippen molar-refractivity contribution >= 4 is 23.2 Å². The molecule has 3 rings (SSSR count). The Bertz CT molecular complexity index is 1050. The molecule has 2 N–H and O–H groups in total. The van der Waals surface area contributed by atoms with E-state index in [9.17, 15) is 14.0 Å². The molecule has 0 atom stereocenters. The van der Waals surface area contributed by atoms with Gasteiger partial charge in [-0.3, -0.25) is 9.59 Å². The van der Waals surface area contributed by atoms with E-state index in [0.717, 1.165) is 0 Å². The highest BCUT2D eigenvalue weighted by atomic mass is 19.1. The van der Waals surface area contributed by atoms with Gasteiger partial charge < -0.3 is 20.1 Å². The number of rotatable bonds is 8. The smallest absolute Gasteiger partial charge is 0.262 e. The van der Waals surface area contributed by atoms with Gasteiger partial charge in [-0.25, -0.2) is 4.39 Å². The van der Waals surface area contributed by atoms with Crippen LogP contribution in [-0.4, -0.2) is 24.5 Å². The standard InChI is InChI=1S/C24H23FN2O4/c1-16(2)31-18-13-11-17(12-14-18)26-24(29)19-7-3-6-10-22(19)30-15-23(28)27-21-9-5-4-8-20(21)25/h3-14,16H,15H2,1-2H3,(H,26,29)(H,27,28). The Labute approximate surface area is 180 Å². The monoisotopic (exact) mass is 422 g/mol. The van der Waals surface area contributed by atoms with Gasteiger partial charge in [0.15, 0.2) is 6.61 Å². The largest absolute Gasteiger partial charge is 0.491 e. The average molecular weight is 422 g/mol. The van der Waals surface area contributed by atoms with E-state index >= 15 is 0 Å². The Morgan fingerprint density at radius 1 is 0.903 bits per heavy atom. The zero-order valence-corrected chi connectivity index (χ0v) is 17.2. The van der Waals surface area contributed by atoms with Gasteiger partial charge in [0.2, 0.25) is 0 Å². The second-order valence-corrected chi connectivity index (χ2v) is 6.96. The first-order chi connectivity index (χ1) is 14.9. The van der Waals surface area contributed by atoms with Crippen LogP contribution in [0, 0.1) is 5.82 Å². The van der Waals surface area contributed by atoms with Crippen LogP contribution in [0.25, 0.3) is 0 Å². The third kappa shape index (κ3) is 6.30. The molecule has 0 aliphatic carbocycles. The third-order valence-corrected chi connectivity index (χ3v) is 4.12. The van der Waals surface area contributed by atoms with Gasteiger partial charge in [0.05, 0.1) is 17.4 Å². The average Bonchev–Trinajstić information content (AvgIpc) is 2.75. The van der Waals surface area contributed by atoms with Crippen molar-refractivity contribution in [1.29, 1.82) is 0 Å². The van der Waals surface area contributed by atoms with Crippen LogP contribution in [0.1, 0.15) is 24.2 Å². The number of hydrogen-bond acceptors (Lipinski definition) is 4. The maximum atomic E-state index is 13.7. The number of benzene rings is 3. The van der Waals surface area contributed by atoms with Crippen molar-refractivity contribution in [3.63, 3.8) is 0 Å². The molecule has 2 amide bonds. The summed E-state index contributed by atoms with van der Waals surface area (Å²) in [6.45, 7) is 3.49. The number of nitrogens with one attached hydrogen (secondary N) is 2. The van der Waals surface area contributed by atoms with Crippen molar-refractivity contribution < 1.29 is 23.5 Å². The fourth-order valence-electron chi connectivity index (χ4n) is 2.76. The molecule has 7 heteroatoms. The molecule has 160 valence electrons. The molecule has 6 nitrogen and oxygen atoms in total. The Hall–Kier alpha value is -3.87. The predicted molar refractivity (Wildman–Crippen MR) is 117 cm³/mol. The topological polar surface area (TPSA) is 76.7 Å². The van der Waals surface area contributed by atoms with Crippen molar-refractivity contribution in [3.05, 3.63) is 84.2 Å². The lowest BCUT2D eigenvalue weighted by Crippen LogP contribution is -2.22. The maximum Gasteiger partial charge on any atom is 0.262 e. The Balaban J connectivity index is 1.62. The predicted octanol–water partition coefficient (Wildman–Crippen LogP) is 4.88. The van der Waals surface area contributed by atoms with Gasteiger partial charge in [0.1, 0.15) is 17.3 Å². The lowest BCUT2D eigenvalue weighted by Gasteiger charge is -2.13. The Kier molecular flexibility index (Phi) is 7.22. The summed E-state index contributed by atoms with van der Waals surface area (Å²) in [4.78, 5) is 24.8. The summed E-state index contributed by atoms with van der Waals surface area (Å²) in [5.74, 6) is -0.523. The van der Waals surface area contributed by atoms with Gasteiger partial charge in [0, 0.05) is 5.69 Å². The summed E-state index contributed by atoms with van der Waals surface area (Å²) in [5.41, 5.74) is 0.920. The van der Waals surface area contributed by atoms with E-state index in [-0.39, 0.29) is 35.6 Å². The molecule has 3 aromatic carbocycles. The summed E-state index contributed by atoms with van der Waals surface area (Å²) in [7, 11) is 0. The molecule has 0 heterocycles. The fourth-order valence-corrected chi connectivity index (χ4v) is 2.76. The van der Waals surface area contributed by atoms with E-state index in [4.69, 9.17) is 9.47 Å². The second-order valence-electron chi connectivity index (χ2n) is 6.96. The first-order valence-corrected chi connectivity index (χ1v) is 9.76. The van der Waals surface area contributed by atoms with Gasteiger partial charge in [-0.1, -0.05) is 24.3 Å². The number of halogens is 1. The number of para-hydroxylation sites is 2. The lowest BCUT2D eigenvalue weighted by molar-refractivity contribution is -0.118. The van der Waals surface area contributed by atoms with Gasteiger partial charge >= 0.3 is 0 Å². The minimum absolute atomic E-state index is 0.0556. The van der Waals surface area contributed by atoms with E-state index in [2.05, 4.69) is 10.6 Å². The van der Waals surface area contributed by atoms with Gasteiger partial charge in [-0.05, 0) is 62.4 Å². The van der Waals surface area contributed by atoms with Crippen LogP contribution in [0.3, 0.4) is 0 Å². The summed E-state index contributed by atoms with van der Waals surface area (Å²) in [6, 6.07) is 19.4. The zero-order chi connectivity index (χ0) is 22.2. The number of carbonyl (C=O) groups is 2. The number of anilines is 2. The molecule has 0 saturated heterocycles. The molecule has 0 aromatic heterocycles. The summed E-state index contributed by atoms with van der Waals surface area (Å²) >= 11 is 0. The van der Waals surface area contributed by atoms with E-state index in [1.54, 1.807) is 54.6 Å². The van der Waals surface area contributed by atoms with Crippen LogP contribution >= 0.6 is 0 Å². The third-order valence-electron chi connectivity index (χ3n) is 4.12. The molecule has 0 unspecified atom stereocenters. The highest BCUT2D eigenvalue weighted by Gasteiger charge is 2.14. The minimum atomic E-state index is -0.541. The number of amides is 2. The van der Waals surface area contributed by atoms with Crippen LogP contribution < -0.4 is 20.1 Å². The summed E-state index contributed by atoms with van der Waals surface area (Å²) in [6.07, 6.45) is 0.0556. The minimum Gasteiger partial charge on any atom is -0.491 e. The molecule has 0 saturated carbocycles. The van der Waals surface area contributed by atoms with Crippen LogP contribution in [0.15, 0.2) is 72.8 Å². The molecule has 0 fully saturated rings. The van der Waals surface area contributed by atoms with E-state index < -0.39 is 11.7 Å². The Morgan fingerprint density at radius 3 is 2.29 bits per heavy atom. The molecular weight excluding hydrogens is 399 g/mol. The van der Waals surface area contributed by atoms with E-state index in [1.807, 2.05) is 13.8 Å². The molecular formula is C24H23FN2O4. The fraction of sp³-hybridized carbons (Fsp3) is 0.167. The maximum absolute atomic E-state index is 13.7. The van der Waals surface area contributed by atoms with Crippen molar-refractivity contribution in [2.45, 2.75) is 20.0 Å². The van der Waals surface area contributed by atoms with Crippen LogP contribution in [0.2, 0.25) is 0 Å². The molecule has 0 radical (unpaired) electrons. The second kappa shape index (κ2) is 10.2. The Morgan fingerprint density at radius 2 is 1.58 bits per heavy atom. The van der Waals surface area contributed by atoms with Gasteiger partial charge in [-0.2, -0.15) is 0 Å². The SMILES string of the molecule is CC(C)Oc1ccc(NC(=O)c2ccccc2OCC(=O)Nc2ccccc2F)cc1. The van der Waals surface area contributed by atoms with E-state index in [0.29, 0.717) is 11.4 Å². The quantitative estimate of drug-likeness (QED) is 0.542. The van der Waals surface area contributed by atoms with Crippen LogP contribution in [0.4, 0.5) is 15.8 Å². The number of hydrogen-bond donors (Lipinski definition) is 2. The molecule has 3 aromatic rings. The molecule has 0 spiro atoms. The number of ether oxygens (including phenoxy) is 2. The van der Waals surface area contributed by atoms with Crippen molar-refractivity contribution in [1.82, 2.24) is 0 Å². The molecule has 0 bridgehead atoms. The van der Waals surface area contributed by atoms with Crippen molar-refractivity contribution in [2.75, 3.05) is 17.2 Å². The van der Waals surface area contributed by atoms with Crippen LogP contribution in [0.5, 0.6) is 11.5 Å². The number of carbonyl (C=O) groups excluding carboxylic acids is 2. The highest BCUT2D eigenvalue weighted by Crippen LogP contribution is 2.22. The van der Waals surface area contributed by atoms with Gasteiger partial charge in [-0.15, -0.1) is 0 Å². The molecule has 0 aliphatic rings. The molecule has 0 aliphatic heterocycles. The van der Waals surface area contributed by atoms with Crippen LogP contribution in [-0.2, 0) is 4.79 Å². The molecule has 31 heavy (non-hydrogen) atoms. The van der Waals surface area contributed by atoms with E-state index in [1.165, 1.54) is 18.2 Å². The normalized spacial score (nSPS) is 10.5. The zero-order valence-electron chi connectivity index (χ0n) is 17.2. The lowest BCUT2D eigenvalue weighted by atomic mass is 10.2. The summed E-state index contributed by atoms with van der Waals surface area (Å²) in [5, 5.41) is 5.23. The van der Waals surface area contributed by atoms with Gasteiger partial charge in [0.25, 0.3) is 11.8 Å². The first kappa shape index (κ1) is 21.8.